The fourth-order valence-corrected chi connectivity index (χ4v) is 3.07. The standard InChI is InChI=1S/C14H18FIN2O/c1-18(9-11-4-2-3-7-17-11)14(19)12-6-5-10(15)8-13(12)16/h5-6,8,11,17H,2-4,7,9H2,1H3. The minimum Gasteiger partial charge on any atom is -0.340 e. The minimum absolute atomic E-state index is 0.0447. The molecular formula is C14H18FIN2O. The number of carbonyl (C=O) groups excluding carboxylic acids is 1. The first-order chi connectivity index (χ1) is 9.08. The molecule has 0 saturated carbocycles. The minimum atomic E-state index is -0.308. The Morgan fingerprint density at radius 1 is 1.53 bits per heavy atom. The van der Waals surface area contributed by atoms with Gasteiger partial charge < -0.3 is 10.2 Å². The number of rotatable bonds is 3. The number of halogens is 2. The molecule has 0 radical (unpaired) electrons. The van der Waals surface area contributed by atoms with E-state index in [0.29, 0.717) is 21.7 Å². The first-order valence-corrected chi connectivity index (χ1v) is 7.59. The summed E-state index contributed by atoms with van der Waals surface area (Å²) < 4.78 is 13.7. The van der Waals surface area contributed by atoms with Crippen LogP contribution in [0.2, 0.25) is 0 Å². The van der Waals surface area contributed by atoms with Crippen LogP contribution < -0.4 is 5.32 Å². The third-order valence-corrected chi connectivity index (χ3v) is 4.31. The van der Waals surface area contributed by atoms with E-state index >= 15 is 0 Å². The summed E-state index contributed by atoms with van der Waals surface area (Å²) in [7, 11) is 1.80. The Balaban J connectivity index is 2.01. The van der Waals surface area contributed by atoms with Crippen LogP contribution in [0, 0.1) is 9.39 Å². The molecule has 1 saturated heterocycles. The number of nitrogens with one attached hydrogen (secondary N) is 1. The van der Waals surface area contributed by atoms with Crippen molar-refractivity contribution < 1.29 is 9.18 Å². The molecule has 1 aliphatic heterocycles. The topological polar surface area (TPSA) is 32.3 Å². The highest BCUT2D eigenvalue weighted by Gasteiger charge is 2.20. The molecule has 1 fully saturated rings. The van der Waals surface area contributed by atoms with E-state index in [1.807, 2.05) is 22.6 Å². The Morgan fingerprint density at radius 3 is 2.95 bits per heavy atom. The van der Waals surface area contributed by atoms with Crippen LogP contribution in [0.5, 0.6) is 0 Å². The molecule has 0 aliphatic carbocycles. The van der Waals surface area contributed by atoms with Crippen molar-refractivity contribution >= 4 is 28.5 Å². The van der Waals surface area contributed by atoms with Gasteiger partial charge in [0.15, 0.2) is 0 Å². The third kappa shape index (κ3) is 3.89. The molecular weight excluding hydrogens is 358 g/mol. The third-order valence-electron chi connectivity index (χ3n) is 3.41. The van der Waals surface area contributed by atoms with Gasteiger partial charge in [-0.2, -0.15) is 0 Å². The summed E-state index contributed by atoms with van der Waals surface area (Å²) in [6.45, 7) is 1.73. The summed E-state index contributed by atoms with van der Waals surface area (Å²) in [5.41, 5.74) is 0.570. The lowest BCUT2D eigenvalue weighted by molar-refractivity contribution is 0.0774. The van der Waals surface area contributed by atoms with Crippen LogP contribution in [-0.2, 0) is 0 Å². The average Bonchev–Trinajstić information content (AvgIpc) is 2.39. The number of hydrogen-bond acceptors (Lipinski definition) is 2. The lowest BCUT2D eigenvalue weighted by Crippen LogP contribution is -2.44. The van der Waals surface area contributed by atoms with Crippen molar-refractivity contribution in [2.75, 3.05) is 20.1 Å². The molecule has 1 N–H and O–H groups in total. The fourth-order valence-electron chi connectivity index (χ4n) is 2.36. The number of carbonyl (C=O) groups is 1. The zero-order chi connectivity index (χ0) is 13.8. The smallest absolute Gasteiger partial charge is 0.254 e. The Bertz CT molecular complexity index is 461. The van der Waals surface area contributed by atoms with E-state index in [-0.39, 0.29) is 11.7 Å². The molecule has 3 nitrogen and oxygen atoms in total. The number of likely N-dealkylation sites (N-methyl/N-ethyl adjacent to an activating group) is 1. The van der Waals surface area contributed by atoms with Crippen LogP contribution in [0.25, 0.3) is 0 Å². The SMILES string of the molecule is CN(CC1CCCCN1)C(=O)c1ccc(F)cc1I. The Morgan fingerprint density at radius 2 is 2.32 bits per heavy atom. The lowest BCUT2D eigenvalue weighted by Gasteiger charge is -2.28. The first-order valence-electron chi connectivity index (χ1n) is 6.52. The molecule has 0 spiro atoms. The van der Waals surface area contributed by atoms with Crippen molar-refractivity contribution in [3.8, 4) is 0 Å². The molecule has 1 unspecified atom stereocenters. The number of nitrogens with zero attached hydrogens (tertiary/aromatic N) is 1. The van der Waals surface area contributed by atoms with Gasteiger partial charge in [0.2, 0.25) is 0 Å². The van der Waals surface area contributed by atoms with Gasteiger partial charge in [0.1, 0.15) is 5.82 Å². The monoisotopic (exact) mass is 376 g/mol. The second-order valence-electron chi connectivity index (χ2n) is 4.96. The zero-order valence-electron chi connectivity index (χ0n) is 11.0. The van der Waals surface area contributed by atoms with Crippen molar-refractivity contribution in [3.05, 3.63) is 33.1 Å². The highest BCUT2D eigenvalue weighted by molar-refractivity contribution is 14.1. The summed E-state index contributed by atoms with van der Waals surface area (Å²) in [5.74, 6) is -0.352. The van der Waals surface area contributed by atoms with E-state index in [1.54, 1.807) is 18.0 Å². The van der Waals surface area contributed by atoms with Gasteiger partial charge >= 0.3 is 0 Å². The van der Waals surface area contributed by atoms with E-state index in [2.05, 4.69) is 5.32 Å². The Hall–Kier alpha value is -0.690. The maximum atomic E-state index is 13.0. The predicted octanol–water partition coefficient (Wildman–Crippen LogP) is 2.64. The van der Waals surface area contributed by atoms with E-state index in [1.165, 1.54) is 25.0 Å². The Labute approximate surface area is 126 Å². The summed E-state index contributed by atoms with van der Waals surface area (Å²) in [5, 5.41) is 3.42. The molecule has 0 bridgehead atoms. The highest BCUT2D eigenvalue weighted by atomic mass is 127. The second kappa shape index (κ2) is 6.65. The molecule has 2 rings (SSSR count). The van der Waals surface area contributed by atoms with Crippen LogP contribution in [0.1, 0.15) is 29.6 Å². The first kappa shape index (κ1) is 14.7. The Kier molecular flexibility index (Phi) is 5.15. The molecule has 104 valence electrons. The van der Waals surface area contributed by atoms with Gasteiger partial charge in [0.05, 0.1) is 5.56 Å². The summed E-state index contributed by atoms with van der Waals surface area (Å²) in [6.07, 6.45) is 3.54. The molecule has 1 aromatic rings. The van der Waals surface area contributed by atoms with E-state index in [4.69, 9.17) is 0 Å². The van der Waals surface area contributed by atoms with Gasteiger partial charge in [-0.15, -0.1) is 0 Å². The molecule has 1 aromatic carbocycles. The summed E-state index contributed by atoms with van der Waals surface area (Å²) >= 11 is 2.00. The van der Waals surface area contributed by atoms with Crippen molar-refractivity contribution in [1.82, 2.24) is 10.2 Å². The van der Waals surface area contributed by atoms with Crippen molar-refractivity contribution in [2.45, 2.75) is 25.3 Å². The largest absolute Gasteiger partial charge is 0.340 e. The van der Waals surface area contributed by atoms with Crippen molar-refractivity contribution in [3.63, 3.8) is 0 Å². The number of amides is 1. The molecule has 1 heterocycles. The van der Waals surface area contributed by atoms with E-state index in [0.717, 1.165) is 13.0 Å². The van der Waals surface area contributed by atoms with Crippen LogP contribution in [0.3, 0.4) is 0 Å². The molecule has 1 aliphatic rings. The van der Waals surface area contributed by atoms with Crippen LogP contribution >= 0.6 is 22.6 Å². The normalized spacial score (nSPS) is 19.2. The number of hydrogen-bond donors (Lipinski definition) is 1. The van der Waals surface area contributed by atoms with E-state index in [9.17, 15) is 9.18 Å². The lowest BCUT2D eigenvalue weighted by atomic mass is 10.0. The summed E-state index contributed by atoms with van der Waals surface area (Å²) in [4.78, 5) is 14.0. The highest BCUT2D eigenvalue weighted by Crippen LogP contribution is 2.16. The molecule has 5 heteroatoms. The zero-order valence-corrected chi connectivity index (χ0v) is 13.1. The van der Waals surface area contributed by atoms with Gasteiger partial charge in [-0.3, -0.25) is 4.79 Å². The number of piperidine rings is 1. The maximum Gasteiger partial charge on any atom is 0.254 e. The quantitative estimate of drug-likeness (QED) is 0.823. The van der Waals surface area contributed by atoms with Crippen molar-refractivity contribution in [1.29, 1.82) is 0 Å². The van der Waals surface area contributed by atoms with Crippen LogP contribution in [0.15, 0.2) is 18.2 Å². The molecule has 0 aromatic heterocycles. The van der Waals surface area contributed by atoms with Crippen LogP contribution in [0.4, 0.5) is 4.39 Å². The van der Waals surface area contributed by atoms with Crippen LogP contribution in [-0.4, -0.2) is 37.0 Å². The van der Waals surface area contributed by atoms with E-state index < -0.39 is 0 Å². The predicted molar refractivity (Wildman–Crippen MR) is 81.7 cm³/mol. The van der Waals surface area contributed by atoms with Gasteiger partial charge in [-0.1, -0.05) is 6.42 Å². The van der Waals surface area contributed by atoms with Gasteiger partial charge in [-0.25, -0.2) is 4.39 Å². The van der Waals surface area contributed by atoms with Gasteiger partial charge in [-0.05, 0) is 60.2 Å². The number of benzene rings is 1. The average molecular weight is 376 g/mol. The van der Waals surface area contributed by atoms with Crippen molar-refractivity contribution in [2.24, 2.45) is 0 Å². The molecule has 1 atom stereocenters. The second-order valence-corrected chi connectivity index (χ2v) is 6.12. The van der Waals surface area contributed by atoms with Gasteiger partial charge in [0.25, 0.3) is 5.91 Å². The maximum absolute atomic E-state index is 13.0. The molecule has 19 heavy (non-hydrogen) atoms. The summed E-state index contributed by atoms with van der Waals surface area (Å²) in [6, 6.07) is 4.66. The fraction of sp³-hybridized carbons (Fsp3) is 0.500. The molecule has 1 amide bonds. The van der Waals surface area contributed by atoms with Gasteiger partial charge in [0, 0.05) is 23.2 Å².